The fourth-order valence-corrected chi connectivity index (χ4v) is 5.09. The average molecular weight is 421 g/mol. The number of benzene rings is 1. The van der Waals surface area contributed by atoms with Crippen LogP contribution in [0.15, 0.2) is 23.6 Å². The van der Waals surface area contributed by atoms with Gasteiger partial charge in [0.05, 0.1) is 25.2 Å². The maximum atomic E-state index is 12.7. The summed E-state index contributed by atoms with van der Waals surface area (Å²) in [6.07, 6.45) is 4.74. The zero-order chi connectivity index (χ0) is 19.9. The minimum absolute atomic E-state index is 0.0377. The molecule has 1 aromatic carbocycles. The quantitative estimate of drug-likeness (QED) is 0.641. The van der Waals surface area contributed by atoms with E-state index in [0.717, 1.165) is 47.9 Å². The Morgan fingerprint density at radius 2 is 1.89 bits per heavy atom. The second-order valence-electron chi connectivity index (χ2n) is 6.91. The van der Waals surface area contributed by atoms with Crippen molar-refractivity contribution in [2.45, 2.75) is 43.6 Å². The van der Waals surface area contributed by atoms with E-state index in [9.17, 15) is 4.79 Å². The van der Waals surface area contributed by atoms with E-state index in [1.807, 2.05) is 30.0 Å². The number of likely N-dealkylation sites (tertiary alicyclic amines) is 1. The summed E-state index contributed by atoms with van der Waals surface area (Å²) in [5.41, 5.74) is 2.02. The number of rotatable bonds is 7. The SMILES string of the molecule is COc1ccc(-c2nc(CSC(C)C(=O)N3CCCCCC3)cs2)cc1OC. The second-order valence-corrected chi connectivity index (χ2v) is 9.09. The molecule has 0 bridgehead atoms. The standard InChI is InChI=1S/C21H28N2O3S2/c1-15(21(24)23-10-6-4-5-7-11-23)27-13-17-14-28-20(22-17)16-8-9-18(25-2)19(12-16)26-3/h8-9,12,14-15H,4-7,10-11,13H2,1-3H3. The molecular formula is C21H28N2O3S2. The predicted octanol–water partition coefficient (Wildman–Crippen LogP) is 4.85. The van der Waals surface area contributed by atoms with E-state index < -0.39 is 0 Å². The summed E-state index contributed by atoms with van der Waals surface area (Å²) < 4.78 is 10.7. The van der Waals surface area contributed by atoms with Crippen LogP contribution in [0.5, 0.6) is 11.5 Å². The molecule has 1 aromatic heterocycles. The van der Waals surface area contributed by atoms with Crippen molar-refractivity contribution in [2.24, 2.45) is 0 Å². The third-order valence-electron chi connectivity index (χ3n) is 4.93. The predicted molar refractivity (Wildman–Crippen MR) is 116 cm³/mol. The van der Waals surface area contributed by atoms with E-state index in [-0.39, 0.29) is 11.2 Å². The van der Waals surface area contributed by atoms with Crippen molar-refractivity contribution in [1.29, 1.82) is 0 Å². The Labute approximate surface area is 175 Å². The zero-order valence-corrected chi connectivity index (χ0v) is 18.4. The lowest BCUT2D eigenvalue weighted by Crippen LogP contribution is -2.37. The van der Waals surface area contributed by atoms with E-state index in [2.05, 4.69) is 5.38 Å². The molecule has 2 aromatic rings. The Morgan fingerprint density at radius 1 is 1.18 bits per heavy atom. The van der Waals surface area contributed by atoms with Crippen LogP contribution < -0.4 is 9.47 Å². The van der Waals surface area contributed by atoms with Gasteiger partial charge >= 0.3 is 0 Å². The van der Waals surface area contributed by atoms with Gasteiger partial charge in [-0.2, -0.15) is 0 Å². The number of nitrogens with zero attached hydrogens (tertiary/aromatic N) is 2. The van der Waals surface area contributed by atoms with Crippen LogP contribution in [-0.2, 0) is 10.5 Å². The van der Waals surface area contributed by atoms with Crippen LogP contribution in [0.25, 0.3) is 10.6 Å². The Balaban J connectivity index is 1.59. The molecule has 28 heavy (non-hydrogen) atoms. The van der Waals surface area contributed by atoms with Gasteiger partial charge in [-0.3, -0.25) is 4.79 Å². The van der Waals surface area contributed by atoms with E-state index in [0.29, 0.717) is 11.5 Å². The van der Waals surface area contributed by atoms with Crippen LogP contribution in [0.2, 0.25) is 0 Å². The summed E-state index contributed by atoms with van der Waals surface area (Å²) in [6, 6.07) is 5.83. The maximum Gasteiger partial charge on any atom is 0.235 e. The van der Waals surface area contributed by atoms with Gasteiger partial charge in [-0.25, -0.2) is 4.98 Å². The number of hydrogen-bond acceptors (Lipinski definition) is 6. The van der Waals surface area contributed by atoms with Gasteiger partial charge in [0, 0.05) is 29.8 Å². The van der Waals surface area contributed by atoms with Gasteiger partial charge < -0.3 is 14.4 Å². The molecule has 0 radical (unpaired) electrons. The highest BCUT2D eigenvalue weighted by atomic mass is 32.2. The Hall–Kier alpha value is -1.73. The molecule has 152 valence electrons. The van der Waals surface area contributed by atoms with E-state index >= 15 is 0 Å². The molecule has 0 spiro atoms. The van der Waals surface area contributed by atoms with Crippen molar-refractivity contribution in [3.63, 3.8) is 0 Å². The smallest absolute Gasteiger partial charge is 0.235 e. The molecular weight excluding hydrogens is 392 g/mol. The highest BCUT2D eigenvalue weighted by molar-refractivity contribution is 7.99. The van der Waals surface area contributed by atoms with Crippen LogP contribution in [0.1, 0.15) is 38.3 Å². The molecule has 3 rings (SSSR count). The number of carbonyl (C=O) groups is 1. The lowest BCUT2D eigenvalue weighted by Gasteiger charge is -2.23. The molecule has 5 nitrogen and oxygen atoms in total. The van der Waals surface area contributed by atoms with Crippen molar-refractivity contribution in [3.8, 4) is 22.1 Å². The Kier molecular flexibility index (Phi) is 7.62. The normalized spacial score (nSPS) is 15.8. The third kappa shape index (κ3) is 5.20. The number of methoxy groups -OCH3 is 2. The first-order chi connectivity index (χ1) is 13.6. The molecule has 1 fully saturated rings. The zero-order valence-electron chi connectivity index (χ0n) is 16.8. The van der Waals surface area contributed by atoms with Crippen LogP contribution in [-0.4, -0.2) is 48.4 Å². The minimum atomic E-state index is -0.0377. The summed E-state index contributed by atoms with van der Waals surface area (Å²) >= 11 is 3.28. The first-order valence-electron chi connectivity index (χ1n) is 9.69. The molecule has 1 amide bonds. The fourth-order valence-electron chi connectivity index (χ4n) is 3.30. The van der Waals surface area contributed by atoms with Crippen molar-refractivity contribution in [2.75, 3.05) is 27.3 Å². The van der Waals surface area contributed by atoms with Crippen LogP contribution in [0, 0.1) is 0 Å². The first kappa shape index (κ1) is 21.0. The summed E-state index contributed by atoms with van der Waals surface area (Å²) in [6.45, 7) is 3.83. The summed E-state index contributed by atoms with van der Waals surface area (Å²) in [7, 11) is 3.26. The Bertz CT molecular complexity index is 786. The molecule has 1 unspecified atom stereocenters. The lowest BCUT2D eigenvalue weighted by atomic mass is 10.2. The molecule has 2 heterocycles. The van der Waals surface area contributed by atoms with Crippen LogP contribution >= 0.6 is 23.1 Å². The number of amides is 1. The first-order valence-corrected chi connectivity index (χ1v) is 11.6. The number of thioether (sulfide) groups is 1. The molecule has 1 atom stereocenters. The summed E-state index contributed by atoms with van der Waals surface area (Å²) in [5.74, 6) is 2.41. The largest absolute Gasteiger partial charge is 0.493 e. The number of thiazole rings is 1. The van der Waals surface area contributed by atoms with E-state index in [1.54, 1.807) is 37.3 Å². The highest BCUT2D eigenvalue weighted by Crippen LogP contribution is 2.34. The Morgan fingerprint density at radius 3 is 2.57 bits per heavy atom. The lowest BCUT2D eigenvalue weighted by molar-refractivity contribution is -0.130. The molecule has 1 aliphatic rings. The number of aromatic nitrogens is 1. The molecule has 7 heteroatoms. The monoisotopic (exact) mass is 420 g/mol. The van der Waals surface area contributed by atoms with Gasteiger partial charge in [-0.1, -0.05) is 12.8 Å². The van der Waals surface area contributed by atoms with E-state index in [1.165, 1.54) is 12.8 Å². The topological polar surface area (TPSA) is 51.7 Å². The summed E-state index contributed by atoms with van der Waals surface area (Å²) in [5, 5.41) is 2.98. The summed E-state index contributed by atoms with van der Waals surface area (Å²) in [4.78, 5) is 19.5. The number of ether oxygens (including phenoxy) is 2. The third-order valence-corrected chi connectivity index (χ3v) is 7.03. The van der Waals surface area contributed by atoms with Gasteiger partial charge in [0.15, 0.2) is 11.5 Å². The van der Waals surface area contributed by atoms with Crippen molar-refractivity contribution in [3.05, 3.63) is 29.3 Å². The molecule has 1 saturated heterocycles. The van der Waals surface area contributed by atoms with E-state index in [4.69, 9.17) is 14.5 Å². The molecule has 0 N–H and O–H groups in total. The van der Waals surface area contributed by atoms with Gasteiger partial charge in [-0.15, -0.1) is 23.1 Å². The van der Waals surface area contributed by atoms with Crippen LogP contribution in [0.3, 0.4) is 0 Å². The molecule has 0 saturated carbocycles. The van der Waals surface area contributed by atoms with Gasteiger partial charge in [0.2, 0.25) is 5.91 Å². The maximum absolute atomic E-state index is 12.7. The number of hydrogen-bond donors (Lipinski definition) is 0. The average Bonchev–Trinajstić information content (AvgIpc) is 3.04. The van der Waals surface area contributed by atoms with Crippen LogP contribution in [0.4, 0.5) is 0 Å². The van der Waals surface area contributed by atoms with Crippen molar-refractivity contribution in [1.82, 2.24) is 9.88 Å². The minimum Gasteiger partial charge on any atom is -0.493 e. The van der Waals surface area contributed by atoms with Gasteiger partial charge in [0.1, 0.15) is 5.01 Å². The van der Waals surface area contributed by atoms with Crippen molar-refractivity contribution < 1.29 is 14.3 Å². The second kappa shape index (κ2) is 10.2. The molecule has 1 aliphatic heterocycles. The highest BCUT2D eigenvalue weighted by Gasteiger charge is 2.22. The van der Waals surface area contributed by atoms with Gasteiger partial charge in [0.25, 0.3) is 0 Å². The number of carbonyl (C=O) groups excluding carboxylic acids is 1. The van der Waals surface area contributed by atoms with Crippen molar-refractivity contribution >= 4 is 29.0 Å². The van der Waals surface area contributed by atoms with Gasteiger partial charge in [-0.05, 0) is 38.0 Å². The fraction of sp³-hybridized carbons (Fsp3) is 0.524. The molecule has 0 aliphatic carbocycles.